The smallest absolute Gasteiger partial charge is 0.363 e. The Kier molecular flexibility index (Phi) is 5.72. The van der Waals surface area contributed by atoms with E-state index in [4.69, 9.17) is 9.47 Å². The van der Waals surface area contributed by atoms with Gasteiger partial charge in [-0.2, -0.15) is 0 Å². The molecule has 4 rings (SSSR count). The summed E-state index contributed by atoms with van der Waals surface area (Å²) in [6.45, 7) is 0. The Morgan fingerprint density at radius 3 is 2.68 bits per heavy atom. The van der Waals surface area contributed by atoms with Gasteiger partial charge in [0.2, 0.25) is 5.90 Å². The lowest BCUT2D eigenvalue weighted by molar-refractivity contribution is -0.387. The van der Waals surface area contributed by atoms with E-state index in [1.807, 2.05) is 0 Å². The number of carbonyl (C=O) groups is 1. The monoisotopic (exact) mass is 434 g/mol. The minimum Gasteiger partial charge on any atom is -0.497 e. The second kappa shape index (κ2) is 8.76. The Balaban J connectivity index is 1.64. The van der Waals surface area contributed by atoms with Crippen LogP contribution in [0.4, 0.5) is 5.69 Å². The molecule has 1 aromatic heterocycles. The van der Waals surface area contributed by atoms with E-state index in [1.54, 1.807) is 54.9 Å². The summed E-state index contributed by atoms with van der Waals surface area (Å²) in [4.78, 5) is 36.1. The van der Waals surface area contributed by atoms with E-state index in [0.29, 0.717) is 26.9 Å². The first-order valence-electron chi connectivity index (χ1n) is 8.94. The Hall–Kier alpha value is -4.05. The SMILES string of the molecule is COc1cccc(C2=NC(=Cc3ccc(Sc4ncccn4)c([N+](=O)[O-])c3)C(=O)O2)c1. The Morgan fingerprint density at radius 2 is 1.94 bits per heavy atom. The molecule has 0 spiro atoms. The molecule has 0 N–H and O–H groups in total. The molecule has 9 nitrogen and oxygen atoms in total. The van der Waals surface area contributed by atoms with Crippen molar-refractivity contribution in [3.8, 4) is 5.75 Å². The fourth-order valence-electron chi connectivity index (χ4n) is 2.74. The minimum atomic E-state index is -0.642. The van der Waals surface area contributed by atoms with Crippen molar-refractivity contribution >= 4 is 35.4 Å². The number of nitro benzene ring substituents is 1. The van der Waals surface area contributed by atoms with Crippen LogP contribution in [-0.4, -0.2) is 33.9 Å². The number of nitro groups is 1. The number of aromatic nitrogens is 2. The van der Waals surface area contributed by atoms with Crippen LogP contribution in [0.5, 0.6) is 5.75 Å². The summed E-state index contributed by atoms with van der Waals surface area (Å²) in [5, 5.41) is 12.0. The van der Waals surface area contributed by atoms with Crippen LogP contribution < -0.4 is 4.74 Å². The number of carbonyl (C=O) groups excluding carboxylic acids is 1. The van der Waals surface area contributed by atoms with E-state index in [-0.39, 0.29) is 17.3 Å². The summed E-state index contributed by atoms with van der Waals surface area (Å²) in [5.74, 6) is 0.0921. The highest BCUT2D eigenvalue weighted by Crippen LogP contribution is 2.34. The number of aliphatic imine (C=N–C) groups is 1. The van der Waals surface area contributed by atoms with Crippen LogP contribution in [0.2, 0.25) is 0 Å². The van der Waals surface area contributed by atoms with Crippen molar-refractivity contribution in [3.05, 3.63) is 87.9 Å². The largest absolute Gasteiger partial charge is 0.497 e. The zero-order chi connectivity index (χ0) is 21.8. The molecule has 1 aliphatic rings. The highest BCUT2D eigenvalue weighted by molar-refractivity contribution is 7.99. The third-order valence-corrected chi connectivity index (χ3v) is 5.12. The topological polar surface area (TPSA) is 117 Å². The van der Waals surface area contributed by atoms with Crippen molar-refractivity contribution < 1.29 is 19.2 Å². The number of nitrogens with zero attached hydrogens (tertiary/aromatic N) is 4. The van der Waals surface area contributed by atoms with Crippen molar-refractivity contribution in [3.63, 3.8) is 0 Å². The quantitative estimate of drug-likeness (QED) is 0.189. The number of hydrogen-bond acceptors (Lipinski definition) is 9. The van der Waals surface area contributed by atoms with E-state index in [0.717, 1.165) is 11.8 Å². The van der Waals surface area contributed by atoms with Crippen LogP contribution in [-0.2, 0) is 9.53 Å². The molecule has 0 amide bonds. The van der Waals surface area contributed by atoms with Crippen molar-refractivity contribution in [2.45, 2.75) is 10.1 Å². The molecule has 0 atom stereocenters. The molecule has 0 fully saturated rings. The predicted molar refractivity (Wildman–Crippen MR) is 113 cm³/mol. The van der Waals surface area contributed by atoms with Crippen molar-refractivity contribution in [1.29, 1.82) is 0 Å². The Morgan fingerprint density at radius 1 is 1.13 bits per heavy atom. The van der Waals surface area contributed by atoms with Gasteiger partial charge in [0.15, 0.2) is 10.9 Å². The molecule has 10 heteroatoms. The average molecular weight is 434 g/mol. The van der Waals surface area contributed by atoms with Crippen molar-refractivity contribution in [1.82, 2.24) is 9.97 Å². The summed E-state index contributed by atoms with van der Waals surface area (Å²) in [6, 6.07) is 13.2. The number of ether oxygens (including phenoxy) is 2. The zero-order valence-corrected chi connectivity index (χ0v) is 16.9. The molecule has 0 bridgehead atoms. The molecule has 154 valence electrons. The normalized spacial score (nSPS) is 14.3. The molecule has 1 aliphatic heterocycles. The van der Waals surface area contributed by atoms with Crippen LogP contribution in [0.3, 0.4) is 0 Å². The summed E-state index contributed by atoms with van der Waals surface area (Å²) < 4.78 is 10.4. The highest BCUT2D eigenvalue weighted by Gasteiger charge is 2.25. The molecule has 2 heterocycles. The van der Waals surface area contributed by atoms with Crippen LogP contribution in [0.25, 0.3) is 6.08 Å². The second-order valence-electron chi connectivity index (χ2n) is 6.19. The fraction of sp³-hybridized carbons (Fsp3) is 0.0476. The van der Waals surface area contributed by atoms with Gasteiger partial charge in [-0.1, -0.05) is 12.1 Å². The van der Waals surface area contributed by atoms with E-state index in [1.165, 1.54) is 19.3 Å². The van der Waals surface area contributed by atoms with Gasteiger partial charge in [0.05, 0.1) is 16.9 Å². The van der Waals surface area contributed by atoms with Gasteiger partial charge >= 0.3 is 5.97 Å². The van der Waals surface area contributed by atoms with Gasteiger partial charge in [0.25, 0.3) is 5.69 Å². The molecule has 31 heavy (non-hydrogen) atoms. The lowest BCUT2D eigenvalue weighted by Crippen LogP contribution is -2.05. The van der Waals surface area contributed by atoms with Gasteiger partial charge < -0.3 is 9.47 Å². The summed E-state index contributed by atoms with van der Waals surface area (Å²) in [6.07, 6.45) is 4.56. The lowest BCUT2D eigenvalue weighted by atomic mass is 10.1. The molecule has 3 aromatic rings. The molecule has 0 saturated heterocycles. The van der Waals surface area contributed by atoms with Crippen LogP contribution in [0.1, 0.15) is 11.1 Å². The van der Waals surface area contributed by atoms with Crippen LogP contribution >= 0.6 is 11.8 Å². The third-order valence-electron chi connectivity index (χ3n) is 4.16. The van der Waals surface area contributed by atoms with Crippen LogP contribution in [0.15, 0.2) is 81.7 Å². The van der Waals surface area contributed by atoms with Gasteiger partial charge in [-0.25, -0.2) is 19.8 Å². The second-order valence-corrected chi connectivity index (χ2v) is 7.19. The van der Waals surface area contributed by atoms with Gasteiger partial charge in [-0.15, -0.1) is 0 Å². The minimum absolute atomic E-state index is 0.0407. The number of methoxy groups -OCH3 is 1. The predicted octanol–water partition coefficient (Wildman–Crippen LogP) is 3.89. The first kappa shape index (κ1) is 20.2. The molecular formula is C21H14N4O5S. The maximum Gasteiger partial charge on any atom is 0.363 e. The molecular weight excluding hydrogens is 420 g/mol. The Labute approximate surface area is 180 Å². The van der Waals surface area contributed by atoms with E-state index < -0.39 is 10.9 Å². The maximum atomic E-state index is 12.3. The van der Waals surface area contributed by atoms with Gasteiger partial charge in [-0.05, 0) is 53.7 Å². The first-order valence-corrected chi connectivity index (χ1v) is 9.75. The zero-order valence-electron chi connectivity index (χ0n) is 16.1. The van der Waals surface area contributed by atoms with E-state index >= 15 is 0 Å². The van der Waals surface area contributed by atoms with E-state index in [9.17, 15) is 14.9 Å². The molecule has 0 unspecified atom stereocenters. The molecule has 0 aliphatic carbocycles. The van der Waals surface area contributed by atoms with Gasteiger partial charge in [-0.3, -0.25) is 10.1 Å². The van der Waals surface area contributed by atoms with Gasteiger partial charge in [0.1, 0.15) is 5.75 Å². The fourth-order valence-corrected chi connectivity index (χ4v) is 3.53. The lowest BCUT2D eigenvalue weighted by Gasteiger charge is -2.03. The molecule has 2 aromatic carbocycles. The van der Waals surface area contributed by atoms with E-state index in [2.05, 4.69) is 15.0 Å². The summed E-state index contributed by atoms with van der Waals surface area (Å²) >= 11 is 1.08. The first-order chi connectivity index (χ1) is 15.0. The van der Waals surface area contributed by atoms with Crippen molar-refractivity contribution in [2.75, 3.05) is 7.11 Å². The Bertz CT molecular complexity index is 1230. The maximum absolute atomic E-state index is 12.3. The van der Waals surface area contributed by atoms with Crippen LogP contribution in [0, 0.1) is 10.1 Å². The highest BCUT2D eigenvalue weighted by atomic mass is 32.2. The standard InChI is InChI=1S/C21H14N4O5S/c1-29-15-5-2-4-14(12-15)19-24-16(20(26)30-19)10-13-6-7-18(17(11-13)25(27)28)31-21-22-8-3-9-23-21/h2-12H,1H3. The number of esters is 1. The summed E-state index contributed by atoms with van der Waals surface area (Å²) in [5.41, 5.74) is 0.929. The van der Waals surface area contributed by atoms with Crippen molar-refractivity contribution in [2.24, 2.45) is 4.99 Å². The number of cyclic esters (lactones) is 1. The number of benzene rings is 2. The average Bonchev–Trinajstić information content (AvgIpc) is 3.15. The third kappa shape index (κ3) is 4.59. The molecule has 0 saturated carbocycles. The molecule has 0 radical (unpaired) electrons. The number of hydrogen-bond donors (Lipinski definition) is 0. The number of rotatable bonds is 6. The van der Waals surface area contributed by atoms with Gasteiger partial charge in [0, 0.05) is 24.0 Å². The summed E-state index contributed by atoms with van der Waals surface area (Å²) in [7, 11) is 1.53.